The standard InChI is InChI=1S/C45H83NO7/c1-7-9-11-25-32-42(51-40(3)47)34-27-21-17-13-15-19-23-29-36-44(53-45(49)50-39-31-38-46(5)6)37-30-24-20-16-14-18-22-28-35-43(52-41(4)48)33-26-12-10-8-2/h21-22,27-28,42-44H,7-20,23-26,29-39H2,1-6H3/b27-21-,28-22-/t42-,43-/m1/s1. The molecule has 0 rings (SSSR count). The molecule has 0 saturated carbocycles. The van der Waals surface area contributed by atoms with E-state index in [1.54, 1.807) is 0 Å². The van der Waals surface area contributed by atoms with Crippen LogP contribution < -0.4 is 0 Å². The maximum atomic E-state index is 12.4. The van der Waals surface area contributed by atoms with Crippen LogP contribution >= 0.6 is 0 Å². The first-order valence-electron chi connectivity index (χ1n) is 21.8. The summed E-state index contributed by atoms with van der Waals surface area (Å²) in [5.74, 6) is -0.369. The molecular formula is C45H83NO7. The molecule has 0 aliphatic rings. The van der Waals surface area contributed by atoms with E-state index in [9.17, 15) is 14.4 Å². The third kappa shape index (κ3) is 37.7. The molecule has 2 atom stereocenters. The Balaban J connectivity index is 4.40. The van der Waals surface area contributed by atoms with Crippen LogP contribution in [-0.2, 0) is 28.5 Å². The van der Waals surface area contributed by atoms with Crippen molar-refractivity contribution in [2.45, 2.75) is 219 Å². The zero-order chi connectivity index (χ0) is 39.2. The van der Waals surface area contributed by atoms with Crippen molar-refractivity contribution in [2.24, 2.45) is 0 Å². The first kappa shape index (κ1) is 50.6. The summed E-state index contributed by atoms with van der Waals surface area (Å²) in [4.78, 5) is 37.5. The van der Waals surface area contributed by atoms with Gasteiger partial charge in [0.2, 0.25) is 0 Å². The lowest BCUT2D eigenvalue weighted by atomic mass is 10.0. The fourth-order valence-electron chi connectivity index (χ4n) is 6.55. The van der Waals surface area contributed by atoms with Gasteiger partial charge in [0, 0.05) is 33.2 Å². The lowest BCUT2D eigenvalue weighted by Gasteiger charge is -2.18. The molecule has 8 heteroatoms. The van der Waals surface area contributed by atoms with Crippen LogP contribution in [0.4, 0.5) is 4.79 Å². The highest BCUT2D eigenvalue weighted by atomic mass is 16.7. The molecule has 0 saturated heterocycles. The third-order valence-corrected chi connectivity index (χ3v) is 9.58. The van der Waals surface area contributed by atoms with E-state index in [1.165, 1.54) is 78.1 Å². The van der Waals surface area contributed by atoms with Gasteiger partial charge in [-0.25, -0.2) is 4.79 Å². The predicted molar refractivity (Wildman–Crippen MR) is 220 cm³/mol. The number of carbonyl (C=O) groups is 3. The summed E-state index contributed by atoms with van der Waals surface area (Å²) in [7, 11) is 4.03. The van der Waals surface area contributed by atoms with E-state index in [4.69, 9.17) is 18.9 Å². The highest BCUT2D eigenvalue weighted by molar-refractivity contribution is 5.66. The van der Waals surface area contributed by atoms with Crippen LogP contribution in [0.5, 0.6) is 0 Å². The Labute approximate surface area is 326 Å². The molecule has 310 valence electrons. The molecule has 0 bridgehead atoms. The Hall–Kier alpha value is -2.35. The highest BCUT2D eigenvalue weighted by Crippen LogP contribution is 2.19. The molecule has 8 nitrogen and oxygen atoms in total. The molecule has 0 aromatic rings. The van der Waals surface area contributed by atoms with Crippen molar-refractivity contribution < 1.29 is 33.3 Å². The number of ether oxygens (including phenoxy) is 4. The van der Waals surface area contributed by atoms with E-state index in [-0.39, 0.29) is 30.3 Å². The first-order valence-corrected chi connectivity index (χ1v) is 21.8. The minimum Gasteiger partial charge on any atom is -0.462 e. The number of rotatable bonds is 37. The van der Waals surface area contributed by atoms with Gasteiger partial charge in [0.15, 0.2) is 0 Å². The van der Waals surface area contributed by atoms with Crippen molar-refractivity contribution >= 4 is 18.1 Å². The van der Waals surface area contributed by atoms with Crippen molar-refractivity contribution in [2.75, 3.05) is 27.2 Å². The van der Waals surface area contributed by atoms with Gasteiger partial charge < -0.3 is 23.8 Å². The van der Waals surface area contributed by atoms with Gasteiger partial charge >= 0.3 is 18.1 Å². The second-order valence-electron chi connectivity index (χ2n) is 15.3. The molecule has 0 aromatic carbocycles. The number of allylic oxidation sites excluding steroid dienone is 2. The molecule has 0 heterocycles. The second kappa shape index (κ2) is 37.9. The fraction of sp³-hybridized carbons (Fsp3) is 0.844. The van der Waals surface area contributed by atoms with Crippen LogP contribution in [0.25, 0.3) is 0 Å². The van der Waals surface area contributed by atoms with Crippen molar-refractivity contribution in [1.29, 1.82) is 0 Å². The van der Waals surface area contributed by atoms with E-state index in [0.717, 1.165) is 116 Å². The monoisotopic (exact) mass is 750 g/mol. The van der Waals surface area contributed by atoms with Crippen LogP contribution in [0.15, 0.2) is 24.3 Å². The smallest absolute Gasteiger partial charge is 0.462 e. The van der Waals surface area contributed by atoms with Crippen LogP contribution in [0.3, 0.4) is 0 Å². The molecule has 0 aliphatic heterocycles. The minimum atomic E-state index is -0.527. The zero-order valence-corrected chi connectivity index (χ0v) is 35.4. The normalized spacial score (nSPS) is 12.9. The molecular weight excluding hydrogens is 666 g/mol. The number of hydrogen-bond donors (Lipinski definition) is 0. The molecule has 0 radical (unpaired) electrons. The van der Waals surface area contributed by atoms with Gasteiger partial charge in [0.25, 0.3) is 0 Å². The topological polar surface area (TPSA) is 91.4 Å². The van der Waals surface area contributed by atoms with Crippen molar-refractivity contribution in [3.63, 3.8) is 0 Å². The molecule has 0 aliphatic carbocycles. The summed E-state index contributed by atoms with van der Waals surface area (Å²) in [6, 6.07) is 0. The van der Waals surface area contributed by atoms with Crippen molar-refractivity contribution in [3.8, 4) is 0 Å². The van der Waals surface area contributed by atoms with E-state index in [0.29, 0.717) is 6.61 Å². The Morgan fingerprint density at radius 2 is 0.887 bits per heavy atom. The van der Waals surface area contributed by atoms with Gasteiger partial charge in [-0.1, -0.05) is 115 Å². The molecule has 0 fully saturated rings. The summed E-state index contributed by atoms with van der Waals surface area (Å²) in [6.45, 7) is 8.69. The number of unbranched alkanes of at least 4 members (excludes halogenated alkanes) is 16. The molecule has 0 spiro atoms. The highest BCUT2D eigenvalue weighted by Gasteiger charge is 2.16. The van der Waals surface area contributed by atoms with Gasteiger partial charge in [-0.05, 0) is 97.6 Å². The van der Waals surface area contributed by atoms with Crippen LogP contribution in [-0.4, -0.2) is 68.6 Å². The average Bonchev–Trinajstić information content (AvgIpc) is 3.10. The molecule has 0 N–H and O–H groups in total. The Kier molecular flexibility index (Phi) is 36.3. The number of carbonyl (C=O) groups excluding carboxylic acids is 3. The average molecular weight is 750 g/mol. The van der Waals surface area contributed by atoms with Gasteiger partial charge in [0.1, 0.15) is 18.3 Å². The lowest BCUT2D eigenvalue weighted by molar-refractivity contribution is -0.147. The summed E-state index contributed by atoms with van der Waals surface area (Å²) in [5.41, 5.74) is 0. The maximum Gasteiger partial charge on any atom is 0.508 e. The first-order chi connectivity index (χ1) is 25.7. The Morgan fingerprint density at radius 3 is 1.30 bits per heavy atom. The minimum absolute atomic E-state index is 0.00322. The largest absolute Gasteiger partial charge is 0.508 e. The van der Waals surface area contributed by atoms with Gasteiger partial charge in [-0.2, -0.15) is 0 Å². The third-order valence-electron chi connectivity index (χ3n) is 9.58. The van der Waals surface area contributed by atoms with Gasteiger partial charge in [-0.3, -0.25) is 9.59 Å². The molecule has 0 aromatic heterocycles. The van der Waals surface area contributed by atoms with E-state index in [1.807, 2.05) is 14.1 Å². The summed E-state index contributed by atoms with van der Waals surface area (Å²) in [6.07, 6.45) is 37.4. The fourth-order valence-corrected chi connectivity index (χ4v) is 6.55. The van der Waals surface area contributed by atoms with Crippen molar-refractivity contribution in [1.82, 2.24) is 4.90 Å². The SMILES string of the molecule is CCCCCC[C@H](C/C=C\CCCCCCCC(CCCCCCC/C=C\C[C@@H](CCCCCC)OC(C)=O)OC(=O)OCCCN(C)C)OC(C)=O. The number of esters is 2. The lowest BCUT2D eigenvalue weighted by Crippen LogP contribution is -2.21. The Bertz CT molecular complexity index is 861. The van der Waals surface area contributed by atoms with Crippen LogP contribution in [0.2, 0.25) is 0 Å². The molecule has 0 amide bonds. The predicted octanol–water partition coefficient (Wildman–Crippen LogP) is 12.6. The van der Waals surface area contributed by atoms with Crippen LogP contribution in [0, 0.1) is 0 Å². The summed E-state index contributed by atoms with van der Waals surface area (Å²) >= 11 is 0. The van der Waals surface area contributed by atoms with E-state index < -0.39 is 6.16 Å². The summed E-state index contributed by atoms with van der Waals surface area (Å²) < 4.78 is 22.2. The maximum absolute atomic E-state index is 12.4. The summed E-state index contributed by atoms with van der Waals surface area (Å²) in [5, 5.41) is 0. The zero-order valence-electron chi connectivity index (χ0n) is 35.4. The quantitative estimate of drug-likeness (QED) is 0.0268. The van der Waals surface area contributed by atoms with E-state index >= 15 is 0 Å². The number of hydrogen-bond acceptors (Lipinski definition) is 8. The van der Waals surface area contributed by atoms with E-state index in [2.05, 4.69) is 43.1 Å². The van der Waals surface area contributed by atoms with Crippen LogP contribution in [0.1, 0.15) is 201 Å². The Morgan fingerprint density at radius 1 is 0.491 bits per heavy atom. The van der Waals surface area contributed by atoms with Gasteiger partial charge in [0.05, 0.1) is 6.61 Å². The second-order valence-corrected chi connectivity index (χ2v) is 15.3. The molecule has 53 heavy (non-hydrogen) atoms. The van der Waals surface area contributed by atoms with Crippen molar-refractivity contribution in [3.05, 3.63) is 24.3 Å². The van der Waals surface area contributed by atoms with Gasteiger partial charge in [-0.15, -0.1) is 0 Å². The molecule has 0 unspecified atom stereocenters. The number of nitrogens with zero attached hydrogens (tertiary/aromatic N) is 1.